The van der Waals surface area contributed by atoms with Gasteiger partial charge in [0.15, 0.2) is 6.10 Å². The van der Waals surface area contributed by atoms with E-state index in [1.165, 1.54) is 0 Å². The Morgan fingerprint density at radius 1 is 0.889 bits per heavy atom. The second kappa shape index (κ2) is 7.40. The Morgan fingerprint density at radius 3 is 2.37 bits per heavy atom. The van der Waals surface area contributed by atoms with Gasteiger partial charge in [0.05, 0.1) is 7.11 Å². The number of fused-ring (bicyclic) bond motifs is 1. The normalized spacial score (nSPS) is 12.1. The highest BCUT2D eigenvalue weighted by molar-refractivity contribution is 9.10. The number of benzene rings is 3. The van der Waals surface area contributed by atoms with Gasteiger partial charge in [0.2, 0.25) is 5.89 Å². The highest BCUT2D eigenvalue weighted by Crippen LogP contribution is 2.28. The molecule has 0 amide bonds. The van der Waals surface area contributed by atoms with Gasteiger partial charge < -0.3 is 13.9 Å². The van der Waals surface area contributed by atoms with Crippen LogP contribution in [0.2, 0.25) is 0 Å². The molecule has 1 aromatic heterocycles. The quantitative estimate of drug-likeness (QED) is 0.405. The standard InChI is InChI=1S/C21H17BrN2O3/c1-13(26-19-10-6-15-11-17(22)7-3-16(15)12-19)20-23-24-21(27-20)14-4-8-18(25-2)9-5-14/h3-13H,1-2H3/t13-/m0/s1. The van der Waals surface area contributed by atoms with Crippen LogP contribution in [-0.2, 0) is 0 Å². The third kappa shape index (κ3) is 3.80. The molecule has 4 aromatic rings. The van der Waals surface area contributed by atoms with Gasteiger partial charge in [0, 0.05) is 10.0 Å². The van der Waals surface area contributed by atoms with Gasteiger partial charge in [0.25, 0.3) is 5.89 Å². The summed E-state index contributed by atoms with van der Waals surface area (Å²) in [5.41, 5.74) is 0.832. The summed E-state index contributed by atoms with van der Waals surface area (Å²) in [4.78, 5) is 0. The largest absolute Gasteiger partial charge is 0.497 e. The monoisotopic (exact) mass is 424 g/mol. The van der Waals surface area contributed by atoms with Gasteiger partial charge in [-0.2, -0.15) is 0 Å². The molecule has 0 spiro atoms. The number of halogens is 1. The zero-order valence-corrected chi connectivity index (χ0v) is 16.4. The molecule has 0 radical (unpaired) electrons. The van der Waals surface area contributed by atoms with Crippen LogP contribution in [0, 0.1) is 0 Å². The lowest BCUT2D eigenvalue weighted by Crippen LogP contribution is -2.03. The van der Waals surface area contributed by atoms with E-state index < -0.39 is 0 Å². The van der Waals surface area contributed by atoms with E-state index in [1.807, 2.05) is 61.5 Å². The Bertz CT molecular complexity index is 1080. The predicted molar refractivity (Wildman–Crippen MR) is 107 cm³/mol. The topological polar surface area (TPSA) is 57.4 Å². The fourth-order valence-electron chi connectivity index (χ4n) is 2.77. The highest BCUT2D eigenvalue weighted by Gasteiger charge is 2.17. The third-order valence-corrected chi connectivity index (χ3v) is 4.71. The van der Waals surface area contributed by atoms with Gasteiger partial charge >= 0.3 is 0 Å². The first-order chi connectivity index (χ1) is 13.1. The number of hydrogen-bond acceptors (Lipinski definition) is 5. The first-order valence-corrected chi connectivity index (χ1v) is 9.25. The van der Waals surface area contributed by atoms with Gasteiger partial charge in [-0.05, 0) is 66.2 Å². The third-order valence-electron chi connectivity index (χ3n) is 4.21. The van der Waals surface area contributed by atoms with E-state index in [4.69, 9.17) is 13.9 Å². The zero-order chi connectivity index (χ0) is 18.8. The van der Waals surface area contributed by atoms with Crippen molar-refractivity contribution in [3.63, 3.8) is 0 Å². The molecule has 0 aliphatic heterocycles. The molecular weight excluding hydrogens is 408 g/mol. The van der Waals surface area contributed by atoms with Gasteiger partial charge in [-0.25, -0.2) is 0 Å². The molecular formula is C21H17BrN2O3. The van der Waals surface area contributed by atoms with E-state index in [0.29, 0.717) is 11.8 Å². The smallest absolute Gasteiger partial charge is 0.257 e. The van der Waals surface area contributed by atoms with E-state index in [-0.39, 0.29) is 6.10 Å². The second-order valence-electron chi connectivity index (χ2n) is 6.09. The summed E-state index contributed by atoms with van der Waals surface area (Å²) in [6, 6.07) is 19.6. The first kappa shape index (κ1) is 17.5. The minimum absolute atomic E-state index is 0.364. The molecule has 0 saturated heterocycles. The Labute approximate surface area is 165 Å². The fraction of sp³-hybridized carbons (Fsp3) is 0.143. The SMILES string of the molecule is COc1ccc(-c2nnc([C@H](C)Oc3ccc4cc(Br)ccc4c3)o2)cc1. The van der Waals surface area contributed by atoms with Crippen molar-refractivity contribution in [2.45, 2.75) is 13.0 Å². The summed E-state index contributed by atoms with van der Waals surface area (Å²) in [6.07, 6.45) is -0.364. The number of nitrogens with zero attached hydrogens (tertiary/aromatic N) is 2. The summed E-state index contributed by atoms with van der Waals surface area (Å²) in [6.45, 7) is 1.89. The van der Waals surface area contributed by atoms with Crippen LogP contribution in [-0.4, -0.2) is 17.3 Å². The summed E-state index contributed by atoms with van der Waals surface area (Å²) in [5.74, 6) is 2.41. The molecule has 0 aliphatic rings. The maximum Gasteiger partial charge on any atom is 0.257 e. The maximum absolute atomic E-state index is 6.00. The van der Waals surface area contributed by atoms with Crippen molar-refractivity contribution in [2.75, 3.05) is 7.11 Å². The van der Waals surface area contributed by atoms with Crippen LogP contribution in [0.4, 0.5) is 0 Å². The average molecular weight is 425 g/mol. The molecule has 0 unspecified atom stereocenters. The Hall–Kier alpha value is -2.86. The molecule has 4 rings (SSSR count). The van der Waals surface area contributed by atoms with E-state index >= 15 is 0 Å². The van der Waals surface area contributed by atoms with Crippen LogP contribution in [0.1, 0.15) is 18.9 Å². The summed E-state index contributed by atoms with van der Waals surface area (Å²) >= 11 is 3.49. The molecule has 0 bridgehead atoms. The molecule has 136 valence electrons. The van der Waals surface area contributed by atoms with Crippen molar-refractivity contribution < 1.29 is 13.9 Å². The van der Waals surface area contributed by atoms with Crippen molar-refractivity contribution in [1.29, 1.82) is 0 Å². The summed E-state index contributed by atoms with van der Waals surface area (Å²) in [5, 5.41) is 10.5. The van der Waals surface area contributed by atoms with Crippen molar-refractivity contribution in [3.8, 4) is 23.0 Å². The van der Waals surface area contributed by atoms with Crippen LogP contribution in [0.15, 0.2) is 69.6 Å². The first-order valence-electron chi connectivity index (χ1n) is 8.46. The molecule has 5 nitrogen and oxygen atoms in total. The molecule has 1 heterocycles. The van der Waals surface area contributed by atoms with Crippen LogP contribution < -0.4 is 9.47 Å². The maximum atomic E-state index is 6.00. The van der Waals surface area contributed by atoms with Crippen LogP contribution in [0.5, 0.6) is 11.5 Å². The zero-order valence-electron chi connectivity index (χ0n) is 14.8. The van der Waals surface area contributed by atoms with E-state index in [1.54, 1.807) is 7.11 Å². The summed E-state index contributed by atoms with van der Waals surface area (Å²) < 4.78 is 18.0. The van der Waals surface area contributed by atoms with E-state index in [9.17, 15) is 0 Å². The number of rotatable bonds is 5. The molecule has 27 heavy (non-hydrogen) atoms. The van der Waals surface area contributed by atoms with Gasteiger partial charge in [-0.15, -0.1) is 10.2 Å². The van der Waals surface area contributed by atoms with Gasteiger partial charge in [-0.3, -0.25) is 0 Å². The molecule has 3 aromatic carbocycles. The predicted octanol–water partition coefficient (Wildman–Crippen LogP) is 5.80. The van der Waals surface area contributed by atoms with Gasteiger partial charge in [0.1, 0.15) is 11.5 Å². The van der Waals surface area contributed by atoms with Crippen LogP contribution >= 0.6 is 15.9 Å². The van der Waals surface area contributed by atoms with E-state index in [0.717, 1.165) is 32.3 Å². The lowest BCUT2D eigenvalue weighted by atomic mass is 10.1. The molecule has 6 heteroatoms. The van der Waals surface area contributed by atoms with Crippen LogP contribution in [0.25, 0.3) is 22.2 Å². The van der Waals surface area contributed by atoms with Crippen molar-refractivity contribution in [3.05, 3.63) is 71.0 Å². The Balaban J connectivity index is 1.52. The van der Waals surface area contributed by atoms with E-state index in [2.05, 4.69) is 32.2 Å². The highest BCUT2D eigenvalue weighted by atomic mass is 79.9. The molecule has 0 N–H and O–H groups in total. The number of ether oxygens (including phenoxy) is 2. The lowest BCUT2D eigenvalue weighted by Gasteiger charge is -2.11. The minimum atomic E-state index is -0.364. The van der Waals surface area contributed by atoms with Crippen molar-refractivity contribution >= 4 is 26.7 Å². The Morgan fingerprint density at radius 2 is 1.59 bits per heavy atom. The average Bonchev–Trinajstić information content (AvgIpc) is 3.18. The lowest BCUT2D eigenvalue weighted by molar-refractivity contribution is 0.190. The number of aromatic nitrogens is 2. The molecule has 0 aliphatic carbocycles. The second-order valence-corrected chi connectivity index (χ2v) is 7.00. The molecule has 0 saturated carbocycles. The molecule has 1 atom stereocenters. The number of hydrogen-bond donors (Lipinski definition) is 0. The van der Waals surface area contributed by atoms with Crippen molar-refractivity contribution in [2.24, 2.45) is 0 Å². The van der Waals surface area contributed by atoms with Crippen LogP contribution in [0.3, 0.4) is 0 Å². The molecule has 0 fully saturated rings. The number of methoxy groups -OCH3 is 1. The van der Waals surface area contributed by atoms with Gasteiger partial charge in [-0.1, -0.05) is 28.1 Å². The Kier molecular flexibility index (Phi) is 4.81. The summed E-state index contributed by atoms with van der Waals surface area (Å²) in [7, 11) is 1.63. The van der Waals surface area contributed by atoms with Crippen molar-refractivity contribution in [1.82, 2.24) is 10.2 Å². The fourth-order valence-corrected chi connectivity index (χ4v) is 3.15. The minimum Gasteiger partial charge on any atom is -0.497 e.